The van der Waals surface area contributed by atoms with Crippen LogP contribution in [-0.4, -0.2) is 11.8 Å². The summed E-state index contributed by atoms with van der Waals surface area (Å²) >= 11 is 0. The molecule has 0 aliphatic carbocycles. The fourth-order valence-electron chi connectivity index (χ4n) is 2.65. The van der Waals surface area contributed by atoms with E-state index in [1.54, 1.807) is 24.3 Å². The molecule has 0 saturated carbocycles. The number of hydrogen-bond donors (Lipinski definition) is 2. The quantitative estimate of drug-likeness (QED) is 0.602. The molecule has 0 fully saturated rings. The molecule has 0 unspecified atom stereocenters. The number of amides is 2. The molecule has 28 heavy (non-hydrogen) atoms. The Bertz CT molecular complexity index is 928. The van der Waals surface area contributed by atoms with E-state index in [-0.39, 0.29) is 17.7 Å². The number of nitrogens with one attached hydrogen (secondary N) is 2. The maximum atomic E-state index is 12.2. The molecule has 144 valence electrons. The minimum Gasteiger partial charge on any atom is -0.461 e. The maximum absolute atomic E-state index is 12.2. The molecule has 0 aliphatic heterocycles. The third kappa shape index (κ3) is 5.33. The number of hydrogen-bond acceptors (Lipinski definition) is 3. The SMILES string of the molecule is CC(C)C(=O)Nc1ccc(NC(=O)CCc2ccc(-c3ccccc3)o2)cc1. The molecular formula is C23H24N2O3. The average molecular weight is 376 g/mol. The van der Waals surface area contributed by atoms with Gasteiger partial charge in [-0.05, 0) is 36.4 Å². The third-order valence-corrected chi connectivity index (χ3v) is 4.28. The van der Waals surface area contributed by atoms with Crippen LogP contribution in [0.3, 0.4) is 0 Å². The normalized spacial score (nSPS) is 10.7. The van der Waals surface area contributed by atoms with Gasteiger partial charge in [0.2, 0.25) is 11.8 Å². The molecule has 2 aromatic carbocycles. The Morgan fingerprint density at radius 2 is 1.50 bits per heavy atom. The van der Waals surface area contributed by atoms with Gasteiger partial charge in [-0.2, -0.15) is 0 Å². The molecule has 1 aromatic heterocycles. The molecular weight excluding hydrogens is 352 g/mol. The van der Waals surface area contributed by atoms with Crippen molar-refractivity contribution in [1.29, 1.82) is 0 Å². The highest BCUT2D eigenvalue weighted by Gasteiger charge is 2.09. The van der Waals surface area contributed by atoms with Crippen LogP contribution in [0.2, 0.25) is 0 Å². The Kier molecular flexibility index (Phi) is 6.27. The highest BCUT2D eigenvalue weighted by atomic mass is 16.3. The number of aryl methyl sites for hydroxylation is 1. The third-order valence-electron chi connectivity index (χ3n) is 4.28. The second-order valence-corrected chi connectivity index (χ2v) is 6.90. The number of rotatable bonds is 7. The van der Waals surface area contributed by atoms with Gasteiger partial charge in [-0.1, -0.05) is 44.2 Å². The first-order valence-electron chi connectivity index (χ1n) is 9.36. The highest BCUT2D eigenvalue weighted by Crippen LogP contribution is 2.22. The molecule has 5 heteroatoms. The van der Waals surface area contributed by atoms with Crippen LogP contribution in [-0.2, 0) is 16.0 Å². The van der Waals surface area contributed by atoms with Crippen LogP contribution in [0, 0.1) is 5.92 Å². The fraction of sp³-hybridized carbons (Fsp3) is 0.217. The first-order valence-corrected chi connectivity index (χ1v) is 9.36. The lowest BCUT2D eigenvalue weighted by atomic mass is 10.2. The summed E-state index contributed by atoms with van der Waals surface area (Å²) in [6.45, 7) is 3.68. The zero-order valence-electron chi connectivity index (χ0n) is 16.1. The van der Waals surface area contributed by atoms with E-state index in [1.165, 1.54) is 0 Å². The fourth-order valence-corrected chi connectivity index (χ4v) is 2.65. The Labute approximate surface area is 164 Å². The van der Waals surface area contributed by atoms with E-state index in [2.05, 4.69) is 10.6 Å². The topological polar surface area (TPSA) is 71.3 Å². The largest absolute Gasteiger partial charge is 0.461 e. The van der Waals surface area contributed by atoms with E-state index in [9.17, 15) is 9.59 Å². The highest BCUT2D eigenvalue weighted by molar-refractivity contribution is 5.93. The standard InChI is InChI=1S/C23H24N2O3/c1-16(2)23(27)25-19-10-8-18(9-11-19)24-22(26)15-13-20-12-14-21(28-20)17-6-4-3-5-7-17/h3-12,14,16H,13,15H2,1-2H3,(H,24,26)(H,25,27). The van der Waals surface area contributed by atoms with E-state index < -0.39 is 0 Å². The summed E-state index contributed by atoms with van der Waals surface area (Å²) in [5.41, 5.74) is 2.42. The van der Waals surface area contributed by atoms with Crippen LogP contribution in [0.25, 0.3) is 11.3 Å². The summed E-state index contributed by atoms with van der Waals surface area (Å²) in [4.78, 5) is 23.9. The Hall–Kier alpha value is -3.34. The number of anilines is 2. The van der Waals surface area contributed by atoms with Gasteiger partial charge >= 0.3 is 0 Å². The number of carbonyl (C=O) groups is 2. The van der Waals surface area contributed by atoms with Gasteiger partial charge in [-0.3, -0.25) is 9.59 Å². The first-order chi connectivity index (χ1) is 13.5. The van der Waals surface area contributed by atoms with Gasteiger partial charge in [0.1, 0.15) is 11.5 Å². The molecule has 0 spiro atoms. The maximum Gasteiger partial charge on any atom is 0.226 e. The second kappa shape index (κ2) is 9.04. The van der Waals surface area contributed by atoms with Crippen LogP contribution in [0.5, 0.6) is 0 Å². The Morgan fingerprint density at radius 1 is 0.857 bits per heavy atom. The molecule has 0 atom stereocenters. The van der Waals surface area contributed by atoms with Gasteiger partial charge in [-0.25, -0.2) is 0 Å². The predicted molar refractivity (Wildman–Crippen MR) is 111 cm³/mol. The molecule has 0 radical (unpaired) electrons. The Balaban J connectivity index is 1.49. The Morgan fingerprint density at radius 3 is 2.14 bits per heavy atom. The van der Waals surface area contributed by atoms with E-state index >= 15 is 0 Å². The van der Waals surface area contributed by atoms with Crippen LogP contribution in [0.15, 0.2) is 71.1 Å². The number of carbonyl (C=O) groups excluding carboxylic acids is 2. The van der Waals surface area contributed by atoms with Gasteiger partial charge in [0.15, 0.2) is 0 Å². The molecule has 0 saturated heterocycles. The van der Waals surface area contributed by atoms with Crippen LogP contribution >= 0.6 is 0 Å². The zero-order valence-corrected chi connectivity index (χ0v) is 16.1. The van der Waals surface area contributed by atoms with Crippen molar-refractivity contribution in [3.63, 3.8) is 0 Å². The minimum atomic E-state index is -0.0865. The first kappa shape index (κ1) is 19.4. The summed E-state index contributed by atoms with van der Waals surface area (Å²) in [5, 5.41) is 5.68. The lowest BCUT2D eigenvalue weighted by Crippen LogP contribution is -2.17. The molecule has 1 heterocycles. The summed E-state index contributed by atoms with van der Waals surface area (Å²) in [7, 11) is 0. The van der Waals surface area contributed by atoms with E-state index in [0.29, 0.717) is 24.2 Å². The lowest BCUT2D eigenvalue weighted by molar-refractivity contribution is -0.119. The van der Waals surface area contributed by atoms with Gasteiger partial charge in [-0.15, -0.1) is 0 Å². The monoisotopic (exact) mass is 376 g/mol. The van der Waals surface area contributed by atoms with Crippen molar-refractivity contribution in [2.75, 3.05) is 10.6 Å². The predicted octanol–water partition coefficient (Wildman–Crippen LogP) is 5.11. The van der Waals surface area contributed by atoms with Crippen LogP contribution in [0.1, 0.15) is 26.0 Å². The van der Waals surface area contributed by atoms with E-state index in [0.717, 1.165) is 17.1 Å². The number of benzene rings is 2. The molecule has 2 amide bonds. The minimum absolute atomic E-state index is 0.0369. The summed E-state index contributed by atoms with van der Waals surface area (Å²) in [6.07, 6.45) is 0.856. The molecule has 5 nitrogen and oxygen atoms in total. The van der Waals surface area contributed by atoms with E-state index in [1.807, 2.05) is 56.3 Å². The summed E-state index contributed by atoms with van der Waals surface area (Å²) in [6, 6.07) is 20.8. The summed E-state index contributed by atoms with van der Waals surface area (Å²) < 4.78 is 5.82. The van der Waals surface area contributed by atoms with Crippen LogP contribution < -0.4 is 10.6 Å². The van der Waals surface area contributed by atoms with Gasteiger partial charge in [0.05, 0.1) is 0 Å². The summed E-state index contributed by atoms with van der Waals surface area (Å²) in [5.74, 6) is 1.38. The van der Waals surface area contributed by atoms with Crippen molar-refractivity contribution in [3.05, 3.63) is 72.5 Å². The van der Waals surface area contributed by atoms with Gasteiger partial charge in [0, 0.05) is 35.7 Å². The van der Waals surface area contributed by atoms with Crippen LogP contribution in [0.4, 0.5) is 11.4 Å². The molecule has 0 aliphatic rings. The smallest absolute Gasteiger partial charge is 0.226 e. The molecule has 0 bridgehead atoms. The van der Waals surface area contributed by atoms with Gasteiger partial charge < -0.3 is 15.1 Å². The van der Waals surface area contributed by atoms with Crippen molar-refractivity contribution < 1.29 is 14.0 Å². The van der Waals surface area contributed by atoms with Gasteiger partial charge in [0.25, 0.3) is 0 Å². The molecule has 2 N–H and O–H groups in total. The van der Waals surface area contributed by atoms with Crippen molar-refractivity contribution in [2.45, 2.75) is 26.7 Å². The number of furan rings is 1. The molecule has 3 rings (SSSR count). The van der Waals surface area contributed by atoms with Crippen molar-refractivity contribution >= 4 is 23.2 Å². The lowest BCUT2D eigenvalue weighted by Gasteiger charge is -2.09. The van der Waals surface area contributed by atoms with Crippen molar-refractivity contribution in [3.8, 4) is 11.3 Å². The molecule has 3 aromatic rings. The van der Waals surface area contributed by atoms with Crippen molar-refractivity contribution in [2.24, 2.45) is 5.92 Å². The van der Waals surface area contributed by atoms with E-state index in [4.69, 9.17) is 4.42 Å². The second-order valence-electron chi connectivity index (χ2n) is 6.90. The zero-order chi connectivity index (χ0) is 19.9. The van der Waals surface area contributed by atoms with Crippen molar-refractivity contribution in [1.82, 2.24) is 0 Å². The average Bonchev–Trinajstić information content (AvgIpc) is 3.17.